The summed E-state index contributed by atoms with van der Waals surface area (Å²) in [7, 11) is 0. The van der Waals surface area contributed by atoms with Crippen LogP contribution in [0.1, 0.15) is 5.82 Å². The molecule has 0 saturated carbocycles. The average Bonchev–Trinajstić information content (AvgIpc) is 1.77. The zero-order chi connectivity index (χ0) is 5.98. The van der Waals surface area contributed by atoms with Gasteiger partial charge in [0, 0.05) is 0 Å². The molecule has 0 amide bonds. The number of nitrogens with zero attached hydrogens (tertiary/aromatic N) is 2. The van der Waals surface area contributed by atoms with Gasteiger partial charge in [-0.05, 0) is 6.92 Å². The third-order valence-electron chi connectivity index (χ3n) is 0.757. The maximum absolute atomic E-state index is 10.3. The van der Waals surface area contributed by atoms with E-state index in [1.165, 1.54) is 12.4 Å². The lowest BCUT2D eigenvalue weighted by atomic mass is 10.6. The lowest BCUT2D eigenvalue weighted by molar-refractivity contribution is 0.350. The highest BCUT2D eigenvalue weighted by molar-refractivity contribution is 5.08. The zero-order valence-corrected chi connectivity index (χ0v) is 4.46. The second kappa shape index (κ2) is 1.78. The van der Waals surface area contributed by atoms with E-state index < -0.39 is 0 Å². The Labute approximate surface area is 47.0 Å². The standard InChI is InChI=1S/C5H5N2O/c1-4-6-2-5(8)3-7-4/h2-3H,1H3. The van der Waals surface area contributed by atoms with Gasteiger partial charge in [0.25, 0.3) is 0 Å². The molecule has 0 aliphatic heterocycles. The minimum atomic E-state index is -0.143. The molecule has 3 nitrogen and oxygen atoms in total. The molecule has 0 spiro atoms. The highest BCUT2D eigenvalue weighted by Crippen LogP contribution is 2.01. The fraction of sp³-hybridized carbons (Fsp3) is 0.200. The van der Waals surface area contributed by atoms with Crippen molar-refractivity contribution in [2.75, 3.05) is 0 Å². The van der Waals surface area contributed by atoms with E-state index in [9.17, 15) is 5.11 Å². The van der Waals surface area contributed by atoms with Crippen molar-refractivity contribution in [3.05, 3.63) is 18.2 Å². The van der Waals surface area contributed by atoms with Crippen LogP contribution in [0.4, 0.5) is 0 Å². The molecule has 0 unspecified atom stereocenters. The van der Waals surface area contributed by atoms with Gasteiger partial charge in [0.05, 0.1) is 12.4 Å². The summed E-state index contributed by atoms with van der Waals surface area (Å²) >= 11 is 0. The van der Waals surface area contributed by atoms with E-state index in [2.05, 4.69) is 9.97 Å². The highest BCUT2D eigenvalue weighted by atomic mass is 16.3. The molecule has 0 N–H and O–H groups in total. The van der Waals surface area contributed by atoms with Gasteiger partial charge in [-0.15, -0.1) is 0 Å². The first-order valence-corrected chi connectivity index (χ1v) is 2.25. The largest absolute Gasteiger partial charge is 0.286 e. The molecule has 1 aromatic rings. The molecule has 1 aromatic heterocycles. The minimum Gasteiger partial charge on any atom is -0.286 e. The Hall–Kier alpha value is -1.12. The lowest BCUT2D eigenvalue weighted by Gasteiger charge is -1.85. The molecule has 1 rings (SSSR count). The predicted molar refractivity (Wildman–Crippen MR) is 26.9 cm³/mol. The van der Waals surface area contributed by atoms with Crippen molar-refractivity contribution in [2.24, 2.45) is 0 Å². The molecule has 0 saturated heterocycles. The minimum absolute atomic E-state index is 0.143. The average molecular weight is 109 g/mol. The van der Waals surface area contributed by atoms with Crippen LogP contribution in [0.5, 0.6) is 5.75 Å². The number of rotatable bonds is 0. The van der Waals surface area contributed by atoms with E-state index in [0.717, 1.165) is 0 Å². The maximum Gasteiger partial charge on any atom is 0.215 e. The van der Waals surface area contributed by atoms with Crippen molar-refractivity contribution in [1.29, 1.82) is 0 Å². The first-order chi connectivity index (χ1) is 3.79. The van der Waals surface area contributed by atoms with Crippen LogP contribution in [0.15, 0.2) is 12.4 Å². The van der Waals surface area contributed by atoms with Gasteiger partial charge < -0.3 is 0 Å². The Morgan fingerprint density at radius 3 is 2.25 bits per heavy atom. The van der Waals surface area contributed by atoms with Crippen molar-refractivity contribution in [3.8, 4) is 5.75 Å². The monoisotopic (exact) mass is 109 g/mol. The van der Waals surface area contributed by atoms with Crippen LogP contribution in [0.2, 0.25) is 0 Å². The van der Waals surface area contributed by atoms with Crippen LogP contribution in [-0.4, -0.2) is 9.97 Å². The van der Waals surface area contributed by atoms with Gasteiger partial charge in [-0.2, -0.15) is 0 Å². The van der Waals surface area contributed by atoms with Crippen LogP contribution in [0.25, 0.3) is 0 Å². The van der Waals surface area contributed by atoms with Gasteiger partial charge in [-0.25, -0.2) is 9.97 Å². The van der Waals surface area contributed by atoms with Gasteiger partial charge in [0.1, 0.15) is 5.82 Å². The summed E-state index contributed by atoms with van der Waals surface area (Å²) in [6.45, 7) is 1.74. The molecule has 8 heavy (non-hydrogen) atoms. The Morgan fingerprint density at radius 2 is 1.88 bits per heavy atom. The van der Waals surface area contributed by atoms with Gasteiger partial charge >= 0.3 is 0 Å². The van der Waals surface area contributed by atoms with Crippen LogP contribution >= 0.6 is 0 Å². The molecule has 1 radical (unpaired) electrons. The Kier molecular flexibility index (Phi) is 1.12. The van der Waals surface area contributed by atoms with E-state index in [0.29, 0.717) is 5.82 Å². The molecular formula is C5H5N2O. The van der Waals surface area contributed by atoms with E-state index in [1.807, 2.05) is 0 Å². The molecule has 1 heterocycles. The molecule has 0 aromatic carbocycles. The third-order valence-corrected chi connectivity index (χ3v) is 0.757. The smallest absolute Gasteiger partial charge is 0.215 e. The van der Waals surface area contributed by atoms with Gasteiger partial charge in [-0.1, -0.05) is 0 Å². The lowest BCUT2D eigenvalue weighted by Crippen LogP contribution is -1.81. The summed E-state index contributed by atoms with van der Waals surface area (Å²) in [6.07, 6.45) is 2.50. The predicted octanol–water partition coefficient (Wildman–Crippen LogP) is 0.929. The van der Waals surface area contributed by atoms with Crippen molar-refractivity contribution in [3.63, 3.8) is 0 Å². The Balaban J connectivity index is 3.03. The van der Waals surface area contributed by atoms with E-state index in [4.69, 9.17) is 0 Å². The number of hydrogen-bond donors (Lipinski definition) is 0. The maximum atomic E-state index is 10.3. The van der Waals surface area contributed by atoms with Crippen LogP contribution in [0.3, 0.4) is 0 Å². The van der Waals surface area contributed by atoms with E-state index in [1.54, 1.807) is 6.92 Å². The van der Waals surface area contributed by atoms with Crippen molar-refractivity contribution < 1.29 is 5.11 Å². The summed E-state index contributed by atoms with van der Waals surface area (Å²) in [4.78, 5) is 7.31. The normalized spacial score (nSPS) is 9.12. The second-order valence-electron chi connectivity index (χ2n) is 1.47. The first-order valence-electron chi connectivity index (χ1n) is 2.25. The van der Waals surface area contributed by atoms with Crippen molar-refractivity contribution >= 4 is 0 Å². The van der Waals surface area contributed by atoms with E-state index >= 15 is 0 Å². The van der Waals surface area contributed by atoms with Gasteiger partial charge in [0.15, 0.2) is 0 Å². The fourth-order valence-electron chi connectivity index (χ4n) is 0.381. The van der Waals surface area contributed by atoms with Crippen molar-refractivity contribution in [1.82, 2.24) is 9.97 Å². The summed E-state index contributed by atoms with van der Waals surface area (Å²) in [5.41, 5.74) is 0. The van der Waals surface area contributed by atoms with E-state index in [-0.39, 0.29) is 5.75 Å². The second-order valence-corrected chi connectivity index (χ2v) is 1.47. The topological polar surface area (TPSA) is 45.7 Å². The molecule has 0 bridgehead atoms. The Bertz CT molecular complexity index is 149. The molecule has 0 fully saturated rings. The van der Waals surface area contributed by atoms with Gasteiger partial charge in [-0.3, -0.25) is 5.11 Å². The molecule has 0 atom stereocenters. The Morgan fingerprint density at radius 1 is 1.38 bits per heavy atom. The number of hydrogen-bond acceptors (Lipinski definition) is 2. The molecule has 3 heteroatoms. The van der Waals surface area contributed by atoms with Crippen LogP contribution in [0, 0.1) is 6.92 Å². The SMILES string of the molecule is Cc1ncc([O])cn1. The fourth-order valence-corrected chi connectivity index (χ4v) is 0.381. The molecule has 0 aliphatic carbocycles. The molecule has 41 valence electrons. The summed E-state index contributed by atoms with van der Waals surface area (Å²) in [6, 6.07) is 0. The summed E-state index contributed by atoms with van der Waals surface area (Å²) in [5, 5.41) is 10.3. The molecule has 0 aliphatic rings. The first kappa shape index (κ1) is 5.03. The van der Waals surface area contributed by atoms with Crippen LogP contribution < -0.4 is 0 Å². The summed E-state index contributed by atoms with van der Waals surface area (Å²) < 4.78 is 0. The quantitative estimate of drug-likeness (QED) is 0.497. The zero-order valence-electron chi connectivity index (χ0n) is 4.46. The highest BCUT2D eigenvalue weighted by Gasteiger charge is 1.87. The molecular weight excluding hydrogens is 104 g/mol. The van der Waals surface area contributed by atoms with Crippen molar-refractivity contribution in [2.45, 2.75) is 6.92 Å². The third kappa shape index (κ3) is 0.932. The summed E-state index contributed by atoms with van der Waals surface area (Å²) in [5.74, 6) is 0.486. The number of aryl methyl sites for hydroxylation is 1. The van der Waals surface area contributed by atoms with Gasteiger partial charge in [0.2, 0.25) is 5.75 Å². The van der Waals surface area contributed by atoms with Crippen LogP contribution in [-0.2, 0) is 5.11 Å². The number of aromatic nitrogens is 2.